The first-order valence-corrected chi connectivity index (χ1v) is 7.25. The van der Waals surface area contributed by atoms with Crippen LogP contribution >= 0.6 is 0 Å². The van der Waals surface area contributed by atoms with Gasteiger partial charge in [-0.2, -0.15) is 0 Å². The Morgan fingerprint density at radius 1 is 1.17 bits per heavy atom. The standard InChI is InChI=1S/C19H19FO3/c1-13(21)23-18-10-5-4-9-16(18)17(12-19(2,3)22)14-7-6-8-15(20)11-14/h4-12,22H,1-3H3/b17-12-. The van der Waals surface area contributed by atoms with Gasteiger partial charge in [0.05, 0.1) is 5.60 Å². The monoisotopic (exact) mass is 314 g/mol. The molecule has 0 aliphatic rings. The summed E-state index contributed by atoms with van der Waals surface area (Å²) in [5, 5.41) is 10.2. The zero-order chi connectivity index (χ0) is 17.0. The molecular formula is C19H19FO3. The van der Waals surface area contributed by atoms with Gasteiger partial charge in [0, 0.05) is 12.5 Å². The van der Waals surface area contributed by atoms with Crippen molar-refractivity contribution in [2.24, 2.45) is 0 Å². The molecule has 2 rings (SSSR count). The number of halogens is 1. The largest absolute Gasteiger partial charge is 0.426 e. The lowest BCUT2D eigenvalue weighted by atomic mass is 9.92. The zero-order valence-corrected chi connectivity index (χ0v) is 13.3. The lowest BCUT2D eigenvalue weighted by molar-refractivity contribution is -0.131. The van der Waals surface area contributed by atoms with Crippen LogP contribution in [0, 0.1) is 5.82 Å². The molecule has 0 aliphatic heterocycles. The van der Waals surface area contributed by atoms with E-state index in [0.717, 1.165) is 0 Å². The molecule has 2 aromatic rings. The van der Waals surface area contributed by atoms with E-state index in [1.54, 1.807) is 56.3 Å². The molecule has 23 heavy (non-hydrogen) atoms. The smallest absolute Gasteiger partial charge is 0.308 e. The molecule has 2 aromatic carbocycles. The second kappa shape index (κ2) is 6.75. The third kappa shape index (κ3) is 4.76. The van der Waals surface area contributed by atoms with Gasteiger partial charge in [0.1, 0.15) is 11.6 Å². The number of para-hydroxylation sites is 1. The van der Waals surface area contributed by atoms with Gasteiger partial charge in [-0.15, -0.1) is 0 Å². The average Bonchev–Trinajstić information content (AvgIpc) is 2.44. The van der Waals surface area contributed by atoms with E-state index in [4.69, 9.17) is 4.74 Å². The molecule has 3 nitrogen and oxygen atoms in total. The summed E-state index contributed by atoms with van der Waals surface area (Å²) in [6.07, 6.45) is 1.62. The van der Waals surface area contributed by atoms with Gasteiger partial charge < -0.3 is 9.84 Å². The Morgan fingerprint density at radius 3 is 2.48 bits per heavy atom. The lowest BCUT2D eigenvalue weighted by Crippen LogP contribution is -2.15. The van der Waals surface area contributed by atoms with Crippen molar-refractivity contribution < 1.29 is 19.0 Å². The van der Waals surface area contributed by atoms with Gasteiger partial charge in [0.25, 0.3) is 0 Å². The number of esters is 1. The summed E-state index contributed by atoms with van der Waals surface area (Å²) in [5.41, 5.74) is 0.668. The third-order valence-electron chi connectivity index (χ3n) is 3.06. The van der Waals surface area contributed by atoms with Crippen molar-refractivity contribution in [3.8, 4) is 5.75 Å². The predicted molar refractivity (Wildman–Crippen MR) is 87.5 cm³/mol. The highest BCUT2D eigenvalue weighted by molar-refractivity contribution is 5.84. The van der Waals surface area contributed by atoms with Gasteiger partial charge in [0.15, 0.2) is 0 Å². The molecule has 0 saturated heterocycles. The van der Waals surface area contributed by atoms with Gasteiger partial charge in [-0.25, -0.2) is 4.39 Å². The van der Waals surface area contributed by atoms with Crippen LogP contribution in [0.3, 0.4) is 0 Å². The minimum absolute atomic E-state index is 0.361. The lowest BCUT2D eigenvalue weighted by Gasteiger charge is -2.18. The Morgan fingerprint density at radius 2 is 1.87 bits per heavy atom. The maximum absolute atomic E-state index is 13.6. The highest BCUT2D eigenvalue weighted by Crippen LogP contribution is 2.33. The van der Waals surface area contributed by atoms with Crippen molar-refractivity contribution >= 4 is 11.5 Å². The average molecular weight is 314 g/mol. The summed E-state index contributed by atoms with van der Waals surface area (Å²) in [5.74, 6) is -0.465. The maximum Gasteiger partial charge on any atom is 0.308 e. The van der Waals surface area contributed by atoms with Crippen LogP contribution in [0.1, 0.15) is 31.9 Å². The van der Waals surface area contributed by atoms with E-state index in [1.807, 2.05) is 0 Å². The SMILES string of the molecule is CC(=O)Oc1ccccc1/C(=C\C(C)(C)O)c1cccc(F)c1. The number of rotatable bonds is 4. The van der Waals surface area contributed by atoms with E-state index in [2.05, 4.69) is 0 Å². The van der Waals surface area contributed by atoms with E-state index in [9.17, 15) is 14.3 Å². The van der Waals surface area contributed by atoms with Gasteiger partial charge in [-0.05, 0) is 49.3 Å². The first-order chi connectivity index (χ1) is 10.8. The van der Waals surface area contributed by atoms with E-state index in [0.29, 0.717) is 22.4 Å². The molecule has 0 aliphatic carbocycles. The Bertz CT molecular complexity index is 742. The third-order valence-corrected chi connectivity index (χ3v) is 3.06. The molecule has 1 N–H and O–H groups in total. The number of carbonyl (C=O) groups excluding carboxylic acids is 1. The van der Waals surface area contributed by atoms with Crippen LogP contribution in [-0.4, -0.2) is 16.7 Å². The van der Waals surface area contributed by atoms with Gasteiger partial charge in [-0.1, -0.05) is 30.3 Å². The number of benzene rings is 2. The Hall–Kier alpha value is -2.46. The number of ether oxygens (including phenoxy) is 1. The summed E-state index contributed by atoms with van der Waals surface area (Å²) in [6, 6.07) is 13.0. The molecule has 120 valence electrons. The molecule has 0 saturated carbocycles. The van der Waals surface area contributed by atoms with E-state index in [-0.39, 0.29) is 5.82 Å². The molecule has 0 spiro atoms. The molecule has 0 fully saturated rings. The van der Waals surface area contributed by atoms with Crippen LogP contribution in [0.5, 0.6) is 5.75 Å². The predicted octanol–water partition coefficient (Wildman–Crippen LogP) is 3.95. The summed E-state index contributed by atoms with van der Waals surface area (Å²) in [7, 11) is 0. The summed E-state index contributed by atoms with van der Waals surface area (Å²) in [4.78, 5) is 11.3. The minimum Gasteiger partial charge on any atom is -0.426 e. The van der Waals surface area contributed by atoms with Crippen LogP contribution < -0.4 is 4.74 Å². The highest BCUT2D eigenvalue weighted by atomic mass is 19.1. The molecule has 0 unspecified atom stereocenters. The van der Waals surface area contributed by atoms with Crippen LogP contribution in [0.2, 0.25) is 0 Å². The van der Waals surface area contributed by atoms with E-state index in [1.165, 1.54) is 19.1 Å². The van der Waals surface area contributed by atoms with Crippen LogP contribution in [0.15, 0.2) is 54.6 Å². The van der Waals surface area contributed by atoms with E-state index >= 15 is 0 Å². The molecular weight excluding hydrogens is 295 g/mol. The number of hydrogen-bond acceptors (Lipinski definition) is 3. The highest BCUT2D eigenvalue weighted by Gasteiger charge is 2.17. The van der Waals surface area contributed by atoms with Crippen molar-refractivity contribution in [1.29, 1.82) is 0 Å². The number of carbonyl (C=O) groups is 1. The summed E-state index contributed by atoms with van der Waals surface area (Å²) < 4.78 is 18.8. The fourth-order valence-corrected chi connectivity index (χ4v) is 2.26. The second-order valence-corrected chi connectivity index (χ2v) is 5.81. The fraction of sp³-hybridized carbons (Fsp3) is 0.211. The zero-order valence-electron chi connectivity index (χ0n) is 13.3. The summed E-state index contributed by atoms with van der Waals surface area (Å²) in [6.45, 7) is 4.57. The Kier molecular flexibility index (Phi) is 4.96. The number of aliphatic hydroxyl groups is 1. The van der Waals surface area contributed by atoms with Crippen LogP contribution in [0.4, 0.5) is 4.39 Å². The van der Waals surface area contributed by atoms with Gasteiger partial charge in [0.2, 0.25) is 0 Å². The quantitative estimate of drug-likeness (QED) is 0.686. The first-order valence-electron chi connectivity index (χ1n) is 7.25. The van der Waals surface area contributed by atoms with Crippen LogP contribution in [-0.2, 0) is 4.79 Å². The van der Waals surface area contributed by atoms with Gasteiger partial charge >= 0.3 is 5.97 Å². The normalized spacial score (nSPS) is 12.1. The maximum atomic E-state index is 13.6. The van der Waals surface area contributed by atoms with Crippen molar-refractivity contribution in [2.45, 2.75) is 26.4 Å². The molecule has 0 radical (unpaired) electrons. The van der Waals surface area contributed by atoms with Gasteiger partial charge in [-0.3, -0.25) is 4.79 Å². The first kappa shape index (κ1) is 16.9. The molecule has 0 amide bonds. The molecule has 0 bridgehead atoms. The van der Waals surface area contributed by atoms with Crippen molar-refractivity contribution in [3.05, 3.63) is 71.6 Å². The van der Waals surface area contributed by atoms with E-state index < -0.39 is 11.6 Å². The molecule has 0 atom stereocenters. The topological polar surface area (TPSA) is 46.5 Å². The Labute approximate surface area is 135 Å². The molecule has 0 aromatic heterocycles. The van der Waals surface area contributed by atoms with Crippen molar-refractivity contribution in [2.75, 3.05) is 0 Å². The van der Waals surface area contributed by atoms with Crippen LogP contribution in [0.25, 0.3) is 5.57 Å². The van der Waals surface area contributed by atoms with Crippen molar-refractivity contribution in [3.63, 3.8) is 0 Å². The number of hydrogen-bond donors (Lipinski definition) is 1. The summed E-state index contributed by atoms with van der Waals surface area (Å²) >= 11 is 0. The molecule has 0 heterocycles. The molecule has 4 heteroatoms. The minimum atomic E-state index is -1.12. The Balaban J connectivity index is 2.65. The van der Waals surface area contributed by atoms with Crippen molar-refractivity contribution in [1.82, 2.24) is 0 Å². The fourth-order valence-electron chi connectivity index (χ4n) is 2.26. The second-order valence-electron chi connectivity index (χ2n) is 5.81.